The third-order valence-electron chi connectivity index (χ3n) is 8.53. The summed E-state index contributed by atoms with van der Waals surface area (Å²) in [6.07, 6.45) is 8.59. The number of hydrogen-bond donors (Lipinski definition) is 1. The largest absolute Gasteiger partial charge is 0.455 e. The molecular weight excluding hydrogens is 516 g/mol. The summed E-state index contributed by atoms with van der Waals surface area (Å²) in [7, 11) is 0. The van der Waals surface area contributed by atoms with Crippen LogP contribution in [0, 0.1) is 0 Å². The van der Waals surface area contributed by atoms with Gasteiger partial charge < -0.3 is 14.2 Å². The number of anilines is 1. The van der Waals surface area contributed by atoms with Crippen LogP contribution in [-0.2, 0) is 0 Å². The van der Waals surface area contributed by atoms with Crippen molar-refractivity contribution >= 4 is 55.1 Å². The Morgan fingerprint density at radius 1 is 0.690 bits per heavy atom. The first kappa shape index (κ1) is 23.4. The molecule has 1 atom stereocenters. The second-order valence-electron chi connectivity index (χ2n) is 11.0. The molecule has 0 bridgehead atoms. The number of nitrogens with zero attached hydrogens (tertiary/aromatic N) is 1. The first-order valence-corrected chi connectivity index (χ1v) is 14.5. The number of benzene rings is 5. The second-order valence-corrected chi connectivity index (χ2v) is 11.0. The highest BCUT2D eigenvalue weighted by atomic mass is 16.3. The molecule has 1 aliphatic heterocycles. The van der Waals surface area contributed by atoms with Gasteiger partial charge in [-0.05, 0) is 59.0 Å². The molecule has 4 nitrogen and oxygen atoms in total. The second kappa shape index (κ2) is 9.08. The fourth-order valence-corrected chi connectivity index (χ4v) is 6.53. The summed E-state index contributed by atoms with van der Waals surface area (Å²) in [5.74, 6) is 0.764. The molecule has 9 rings (SSSR count). The maximum absolute atomic E-state index is 6.65. The van der Waals surface area contributed by atoms with Crippen LogP contribution in [0.1, 0.15) is 24.2 Å². The molecule has 1 aliphatic carbocycles. The van der Waals surface area contributed by atoms with Crippen LogP contribution >= 0.6 is 0 Å². The van der Waals surface area contributed by atoms with Crippen molar-refractivity contribution in [1.82, 2.24) is 0 Å². The van der Waals surface area contributed by atoms with E-state index in [0.29, 0.717) is 0 Å². The van der Waals surface area contributed by atoms with Crippen LogP contribution < -0.4 is 5.32 Å². The van der Waals surface area contributed by atoms with Gasteiger partial charge in [0.25, 0.3) is 0 Å². The van der Waals surface area contributed by atoms with Crippen molar-refractivity contribution in [2.24, 2.45) is 4.99 Å². The lowest BCUT2D eigenvalue weighted by Crippen LogP contribution is -2.27. The van der Waals surface area contributed by atoms with Crippen LogP contribution in [0.3, 0.4) is 0 Å². The third-order valence-corrected chi connectivity index (χ3v) is 8.53. The molecule has 0 saturated heterocycles. The average Bonchev–Trinajstić information content (AvgIpc) is 3.63. The molecule has 5 aromatic carbocycles. The monoisotopic (exact) mass is 542 g/mol. The minimum Gasteiger partial charge on any atom is -0.455 e. The van der Waals surface area contributed by atoms with Gasteiger partial charge in [-0.1, -0.05) is 97.1 Å². The predicted molar refractivity (Wildman–Crippen MR) is 172 cm³/mol. The van der Waals surface area contributed by atoms with Crippen LogP contribution in [0.2, 0.25) is 0 Å². The van der Waals surface area contributed by atoms with E-state index in [-0.39, 0.29) is 6.17 Å². The number of para-hydroxylation sites is 2. The summed E-state index contributed by atoms with van der Waals surface area (Å²) >= 11 is 0. The van der Waals surface area contributed by atoms with E-state index in [4.69, 9.17) is 13.8 Å². The molecule has 4 heteroatoms. The minimum atomic E-state index is -0.202. The Kier molecular flexibility index (Phi) is 5.05. The van der Waals surface area contributed by atoms with Gasteiger partial charge >= 0.3 is 0 Å². The van der Waals surface area contributed by atoms with Gasteiger partial charge in [-0.15, -0.1) is 0 Å². The van der Waals surface area contributed by atoms with Gasteiger partial charge in [0.2, 0.25) is 0 Å². The number of hydrogen-bond acceptors (Lipinski definition) is 4. The van der Waals surface area contributed by atoms with E-state index in [0.717, 1.165) is 79.6 Å². The first-order valence-electron chi connectivity index (χ1n) is 14.5. The topological polar surface area (TPSA) is 50.7 Å². The summed E-state index contributed by atoms with van der Waals surface area (Å²) in [4.78, 5) is 5.31. The normalized spacial score (nSPS) is 16.5. The number of allylic oxidation sites excluding steroid dienone is 2. The van der Waals surface area contributed by atoms with Gasteiger partial charge in [0.05, 0.1) is 5.69 Å². The van der Waals surface area contributed by atoms with E-state index in [9.17, 15) is 0 Å². The number of nitrogens with one attached hydrogen (secondary N) is 1. The van der Waals surface area contributed by atoms with Crippen LogP contribution in [0.25, 0.3) is 54.8 Å². The van der Waals surface area contributed by atoms with E-state index >= 15 is 0 Å². The van der Waals surface area contributed by atoms with Crippen LogP contribution in [0.5, 0.6) is 0 Å². The zero-order chi connectivity index (χ0) is 27.6. The zero-order valence-corrected chi connectivity index (χ0v) is 22.8. The molecule has 7 aromatic rings. The third kappa shape index (κ3) is 3.52. The number of rotatable bonds is 3. The molecule has 3 heterocycles. The van der Waals surface area contributed by atoms with Gasteiger partial charge in [-0.25, -0.2) is 0 Å². The summed E-state index contributed by atoms with van der Waals surface area (Å²) < 4.78 is 13.2. The fraction of sp³-hybridized carbons (Fsp3) is 0.0789. The highest BCUT2D eigenvalue weighted by Crippen LogP contribution is 2.42. The van der Waals surface area contributed by atoms with Crippen molar-refractivity contribution in [2.45, 2.75) is 19.0 Å². The van der Waals surface area contributed by atoms with E-state index in [1.54, 1.807) is 0 Å². The Bertz CT molecular complexity index is 2300. The van der Waals surface area contributed by atoms with Crippen LogP contribution in [-0.4, -0.2) is 11.9 Å². The molecule has 42 heavy (non-hydrogen) atoms. The van der Waals surface area contributed by atoms with E-state index in [1.807, 2.05) is 18.2 Å². The lowest BCUT2D eigenvalue weighted by molar-refractivity contribution is 0.601. The highest BCUT2D eigenvalue weighted by molar-refractivity contribution is 6.27. The standard InChI is InChI=1S/C38H26N2O2/c1-2-11-24(12-3-1)38-39-34-28-14-6-7-18-31(28)41-37(34)35(40-38)29-16-9-19-32-33(29)30-17-8-15-27(36(30)42-32)26-21-20-23-10-4-5-13-25(23)22-26/h2,4-22,38-39H,1,3H2. The molecule has 1 unspecified atom stereocenters. The summed E-state index contributed by atoms with van der Waals surface area (Å²) in [5.41, 5.74) is 8.79. The molecule has 2 aromatic heterocycles. The van der Waals surface area contributed by atoms with Crippen LogP contribution in [0.4, 0.5) is 5.69 Å². The molecule has 200 valence electrons. The van der Waals surface area contributed by atoms with E-state index < -0.39 is 0 Å². The number of aliphatic imine (C=N–C) groups is 1. The Balaban J connectivity index is 1.29. The Morgan fingerprint density at radius 2 is 1.50 bits per heavy atom. The smallest absolute Gasteiger partial charge is 0.177 e. The summed E-state index contributed by atoms with van der Waals surface area (Å²) in [6.45, 7) is 0. The molecule has 0 fully saturated rings. The molecular formula is C38H26N2O2. The quantitative estimate of drug-likeness (QED) is 0.242. The van der Waals surface area contributed by atoms with Gasteiger partial charge in [-0.3, -0.25) is 4.99 Å². The predicted octanol–water partition coefficient (Wildman–Crippen LogP) is 10.0. The van der Waals surface area contributed by atoms with Crippen molar-refractivity contribution < 1.29 is 8.83 Å². The summed E-state index contributed by atoms with van der Waals surface area (Å²) in [5, 5.41) is 9.31. The first-order chi connectivity index (χ1) is 20.8. The minimum absolute atomic E-state index is 0.202. The van der Waals surface area contributed by atoms with Gasteiger partial charge in [0, 0.05) is 27.3 Å². The fourth-order valence-electron chi connectivity index (χ4n) is 6.53. The van der Waals surface area contributed by atoms with Crippen molar-refractivity contribution in [2.75, 3.05) is 5.32 Å². The van der Waals surface area contributed by atoms with Gasteiger partial charge in [0.15, 0.2) is 5.76 Å². The Hall–Kier alpha value is -5.35. The highest BCUT2D eigenvalue weighted by Gasteiger charge is 2.30. The lowest BCUT2D eigenvalue weighted by atomic mass is 9.95. The molecule has 0 spiro atoms. The Morgan fingerprint density at radius 3 is 2.43 bits per heavy atom. The van der Waals surface area contributed by atoms with Crippen molar-refractivity contribution in [3.8, 4) is 11.1 Å². The van der Waals surface area contributed by atoms with Crippen LogP contribution in [0.15, 0.2) is 141 Å². The molecule has 0 amide bonds. The molecule has 0 radical (unpaired) electrons. The van der Waals surface area contributed by atoms with Crippen molar-refractivity contribution in [1.29, 1.82) is 0 Å². The van der Waals surface area contributed by atoms with E-state index in [2.05, 4.69) is 108 Å². The summed E-state index contributed by atoms with van der Waals surface area (Å²) in [6, 6.07) is 35.9. The van der Waals surface area contributed by atoms with Gasteiger partial charge in [-0.2, -0.15) is 0 Å². The maximum atomic E-state index is 6.65. The van der Waals surface area contributed by atoms with Crippen molar-refractivity contribution in [3.63, 3.8) is 0 Å². The Labute approximate surface area is 242 Å². The average molecular weight is 543 g/mol. The molecule has 0 saturated carbocycles. The molecule has 2 aliphatic rings. The number of fused-ring (bicyclic) bond motifs is 7. The van der Waals surface area contributed by atoms with Crippen molar-refractivity contribution in [3.05, 3.63) is 138 Å². The number of furan rings is 2. The SMILES string of the molecule is C1=CC(C2N=C(c3cccc4oc5c(-c6ccc7ccccc7c6)cccc5c34)c3oc4ccccc4c3N2)=CCC1. The molecule has 1 N–H and O–H groups in total. The van der Waals surface area contributed by atoms with E-state index in [1.165, 1.54) is 16.3 Å². The van der Waals surface area contributed by atoms with Gasteiger partial charge in [0.1, 0.15) is 28.6 Å². The maximum Gasteiger partial charge on any atom is 0.177 e. The lowest BCUT2D eigenvalue weighted by Gasteiger charge is -2.25. The zero-order valence-electron chi connectivity index (χ0n) is 22.8.